The Morgan fingerprint density at radius 2 is 1.89 bits per heavy atom. The minimum Gasteiger partial charge on any atom is -0.373 e. The summed E-state index contributed by atoms with van der Waals surface area (Å²) < 4.78 is 32.9. The van der Waals surface area contributed by atoms with Crippen LogP contribution in [0.2, 0.25) is 5.02 Å². The van der Waals surface area contributed by atoms with Gasteiger partial charge in [-0.25, -0.2) is 8.42 Å². The quantitative estimate of drug-likeness (QED) is 0.806. The van der Waals surface area contributed by atoms with E-state index in [1.54, 1.807) is 12.1 Å². The van der Waals surface area contributed by atoms with Crippen LogP contribution in [0.1, 0.15) is 13.8 Å². The predicted octanol–water partition coefficient (Wildman–Crippen LogP) is 2.90. The van der Waals surface area contributed by atoms with E-state index in [9.17, 15) is 8.42 Å². The van der Waals surface area contributed by atoms with Crippen LogP contribution >= 0.6 is 27.5 Å². The zero-order valence-corrected chi connectivity index (χ0v) is 13.8. The minimum absolute atomic E-state index is 0.118. The molecule has 1 saturated heterocycles. The predicted molar refractivity (Wildman–Crippen MR) is 77.9 cm³/mol. The number of nitrogens with zero attached hydrogens (tertiary/aromatic N) is 1. The summed E-state index contributed by atoms with van der Waals surface area (Å²) in [7, 11) is -3.57. The van der Waals surface area contributed by atoms with Gasteiger partial charge >= 0.3 is 0 Å². The maximum atomic E-state index is 12.6. The highest BCUT2D eigenvalue weighted by Gasteiger charge is 2.33. The normalized spacial score (nSPS) is 25.5. The van der Waals surface area contributed by atoms with Gasteiger partial charge in [0.25, 0.3) is 0 Å². The molecule has 0 saturated carbocycles. The summed E-state index contributed by atoms with van der Waals surface area (Å²) in [6.45, 7) is 4.42. The number of rotatable bonds is 2. The molecule has 1 aliphatic rings. The molecular formula is C12H15BrClNO3S. The fraction of sp³-hybridized carbons (Fsp3) is 0.500. The highest BCUT2D eigenvalue weighted by atomic mass is 79.9. The van der Waals surface area contributed by atoms with Crippen LogP contribution in [0.3, 0.4) is 0 Å². The summed E-state index contributed by atoms with van der Waals surface area (Å²) in [4.78, 5) is 0.138. The second-order valence-corrected chi connectivity index (χ2v) is 7.88. The Hall–Kier alpha value is -0.140. The first-order valence-corrected chi connectivity index (χ1v) is 8.52. The molecule has 2 rings (SSSR count). The van der Waals surface area contributed by atoms with E-state index in [1.165, 1.54) is 10.4 Å². The second-order valence-electron chi connectivity index (χ2n) is 4.65. The molecule has 19 heavy (non-hydrogen) atoms. The molecule has 2 atom stereocenters. The average Bonchev–Trinajstić information content (AvgIpc) is 2.26. The summed E-state index contributed by atoms with van der Waals surface area (Å²) in [5, 5.41) is 0.223. The molecule has 1 heterocycles. The van der Waals surface area contributed by atoms with Crippen molar-refractivity contribution in [1.82, 2.24) is 4.31 Å². The third-order valence-electron chi connectivity index (χ3n) is 2.90. The lowest BCUT2D eigenvalue weighted by atomic mass is 10.3. The number of halogens is 2. The van der Waals surface area contributed by atoms with Gasteiger partial charge in [-0.3, -0.25) is 0 Å². The number of ether oxygens (including phenoxy) is 1. The Labute approximate surface area is 126 Å². The Balaban J connectivity index is 2.36. The maximum Gasteiger partial charge on any atom is 0.244 e. The van der Waals surface area contributed by atoms with Gasteiger partial charge in [0.05, 0.1) is 17.2 Å². The van der Waals surface area contributed by atoms with Crippen molar-refractivity contribution in [2.24, 2.45) is 0 Å². The van der Waals surface area contributed by atoms with Gasteiger partial charge in [-0.1, -0.05) is 27.5 Å². The first-order chi connectivity index (χ1) is 8.80. The van der Waals surface area contributed by atoms with Gasteiger partial charge in [0, 0.05) is 17.6 Å². The lowest BCUT2D eigenvalue weighted by Crippen LogP contribution is -2.48. The summed E-state index contributed by atoms with van der Waals surface area (Å²) in [6, 6.07) is 4.78. The molecular weight excluding hydrogens is 354 g/mol. The lowest BCUT2D eigenvalue weighted by molar-refractivity contribution is -0.0440. The molecule has 1 aromatic rings. The molecule has 0 radical (unpaired) electrons. The van der Waals surface area contributed by atoms with Crippen LogP contribution in [-0.2, 0) is 14.8 Å². The monoisotopic (exact) mass is 367 g/mol. The van der Waals surface area contributed by atoms with Crippen LogP contribution in [0, 0.1) is 0 Å². The van der Waals surface area contributed by atoms with Crippen molar-refractivity contribution in [3.05, 3.63) is 27.7 Å². The first kappa shape index (κ1) is 15.3. The van der Waals surface area contributed by atoms with E-state index in [4.69, 9.17) is 16.3 Å². The zero-order valence-electron chi connectivity index (χ0n) is 10.6. The Morgan fingerprint density at radius 1 is 1.32 bits per heavy atom. The van der Waals surface area contributed by atoms with E-state index >= 15 is 0 Å². The molecule has 0 aliphatic carbocycles. The van der Waals surface area contributed by atoms with E-state index in [0.717, 1.165) is 4.47 Å². The molecule has 1 aliphatic heterocycles. The lowest BCUT2D eigenvalue weighted by Gasteiger charge is -2.34. The number of sulfonamides is 1. The van der Waals surface area contributed by atoms with E-state index in [0.29, 0.717) is 13.1 Å². The summed E-state index contributed by atoms with van der Waals surface area (Å²) >= 11 is 9.30. The standard InChI is InChI=1S/C12H15BrClNO3S/c1-8-6-15(7-9(2)18-8)19(16,17)12-4-3-10(13)5-11(12)14/h3-5,8-9H,6-7H2,1-2H3/t8-,9-/m1/s1. The van der Waals surface area contributed by atoms with E-state index in [2.05, 4.69) is 15.9 Å². The first-order valence-electron chi connectivity index (χ1n) is 5.91. The van der Waals surface area contributed by atoms with Gasteiger partial charge in [-0.05, 0) is 32.0 Å². The van der Waals surface area contributed by atoms with Crippen LogP contribution < -0.4 is 0 Å². The summed E-state index contributed by atoms with van der Waals surface area (Å²) in [5.41, 5.74) is 0. The molecule has 0 N–H and O–H groups in total. The van der Waals surface area contributed by atoms with Crippen LogP contribution in [0.5, 0.6) is 0 Å². The van der Waals surface area contributed by atoms with Crippen molar-refractivity contribution < 1.29 is 13.2 Å². The van der Waals surface area contributed by atoms with Crippen LogP contribution in [-0.4, -0.2) is 38.0 Å². The highest BCUT2D eigenvalue weighted by molar-refractivity contribution is 9.10. The van der Waals surface area contributed by atoms with E-state index in [-0.39, 0.29) is 22.1 Å². The molecule has 7 heteroatoms. The SMILES string of the molecule is C[C@@H]1CN(S(=O)(=O)c2ccc(Br)cc2Cl)C[C@@H](C)O1. The third-order valence-corrected chi connectivity index (χ3v) is 5.71. The van der Waals surface area contributed by atoms with E-state index < -0.39 is 10.0 Å². The highest BCUT2D eigenvalue weighted by Crippen LogP contribution is 2.29. The number of benzene rings is 1. The molecule has 0 unspecified atom stereocenters. The molecule has 1 aromatic carbocycles. The van der Waals surface area contributed by atoms with Crippen molar-refractivity contribution in [2.75, 3.05) is 13.1 Å². The van der Waals surface area contributed by atoms with Crippen molar-refractivity contribution >= 4 is 37.6 Å². The molecule has 0 spiro atoms. The number of morpholine rings is 1. The number of hydrogen-bond donors (Lipinski definition) is 0. The third kappa shape index (κ3) is 3.31. The van der Waals surface area contributed by atoms with Crippen molar-refractivity contribution in [3.63, 3.8) is 0 Å². The van der Waals surface area contributed by atoms with Gasteiger partial charge in [-0.2, -0.15) is 4.31 Å². The Kier molecular flexibility index (Phi) is 4.57. The van der Waals surface area contributed by atoms with Crippen LogP contribution in [0.15, 0.2) is 27.6 Å². The van der Waals surface area contributed by atoms with Crippen LogP contribution in [0.4, 0.5) is 0 Å². The maximum absolute atomic E-state index is 12.6. The molecule has 1 fully saturated rings. The average molecular weight is 369 g/mol. The fourth-order valence-electron chi connectivity index (χ4n) is 2.15. The van der Waals surface area contributed by atoms with Gasteiger partial charge in [0.15, 0.2) is 0 Å². The minimum atomic E-state index is -3.57. The molecule has 4 nitrogen and oxygen atoms in total. The van der Waals surface area contributed by atoms with Crippen molar-refractivity contribution in [3.8, 4) is 0 Å². The Bertz CT molecular complexity index is 568. The molecule has 0 amide bonds. The van der Waals surface area contributed by atoms with Gasteiger partial charge < -0.3 is 4.74 Å². The molecule has 0 aromatic heterocycles. The van der Waals surface area contributed by atoms with Crippen molar-refractivity contribution in [1.29, 1.82) is 0 Å². The fourth-order valence-corrected chi connectivity index (χ4v) is 4.75. The van der Waals surface area contributed by atoms with E-state index in [1.807, 2.05) is 13.8 Å². The topological polar surface area (TPSA) is 46.6 Å². The van der Waals surface area contributed by atoms with Crippen LogP contribution in [0.25, 0.3) is 0 Å². The Morgan fingerprint density at radius 3 is 2.42 bits per heavy atom. The largest absolute Gasteiger partial charge is 0.373 e. The van der Waals surface area contributed by atoms with Gasteiger partial charge in [0.2, 0.25) is 10.0 Å². The van der Waals surface area contributed by atoms with Gasteiger partial charge in [0.1, 0.15) is 4.90 Å². The smallest absolute Gasteiger partial charge is 0.244 e. The summed E-state index contributed by atoms with van der Waals surface area (Å²) in [6.07, 6.45) is -0.236. The van der Waals surface area contributed by atoms with Crippen molar-refractivity contribution in [2.45, 2.75) is 31.0 Å². The summed E-state index contributed by atoms with van der Waals surface area (Å²) in [5.74, 6) is 0. The zero-order chi connectivity index (χ0) is 14.2. The molecule has 0 bridgehead atoms. The molecule has 106 valence electrons. The van der Waals surface area contributed by atoms with Gasteiger partial charge in [-0.15, -0.1) is 0 Å². The second kappa shape index (κ2) is 5.69. The number of hydrogen-bond acceptors (Lipinski definition) is 3.